The van der Waals surface area contributed by atoms with Gasteiger partial charge in [0.1, 0.15) is 0 Å². The minimum absolute atomic E-state index is 0.0898. The second-order valence-electron chi connectivity index (χ2n) is 18.8. The molecule has 8 aromatic rings. The van der Waals surface area contributed by atoms with E-state index in [1.807, 2.05) is 0 Å². The Morgan fingerprint density at radius 3 is 1.42 bits per heavy atom. The van der Waals surface area contributed by atoms with Gasteiger partial charge in [-0.2, -0.15) is 0 Å². The van der Waals surface area contributed by atoms with Crippen LogP contribution in [0.1, 0.15) is 65.5 Å². The number of benzene rings is 8. The van der Waals surface area contributed by atoms with Crippen molar-refractivity contribution in [1.82, 2.24) is 0 Å². The van der Waals surface area contributed by atoms with Crippen molar-refractivity contribution in [2.45, 2.75) is 42.9 Å². The van der Waals surface area contributed by atoms with Gasteiger partial charge in [-0.1, -0.05) is 158 Å². The molecular weight excluding hydrogens is 723 g/mol. The molecule has 1 nitrogen and oxygen atoms in total. The summed E-state index contributed by atoms with van der Waals surface area (Å²) in [7, 11) is 0. The molecule has 60 heavy (non-hydrogen) atoms. The number of fused-ring (bicyclic) bond motifs is 13. The molecule has 7 aliphatic rings. The SMILES string of the molecule is c1ccc(-c2ccccc2N(c2ccc3c(c2)-c2ccccc2C32c3ccccc3-c3ccccc32)c2ccc3c(c2)C2(c4ccccc4-3)C3CC4CC(C3)CC2C4)cc1. The van der Waals surface area contributed by atoms with Gasteiger partial charge in [-0.15, -0.1) is 0 Å². The fourth-order valence-corrected chi connectivity index (χ4v) is 14.5. The lowest BCUT2D eigenvalue weighted by molar-refractivity contribution is -0.0399. The van der Waals surface area contributed by atoms with Crippen molar-refractivity contribution >= 4 is 17.1 Å². The average molecular weight is 768 g/mol. The smallest absolute Gasteiger partial charge is 0.0725 e. The monoisotopic (exact) mass is 767 g/mol. The van der Waals surface area contributed by atoms with E-state index in [1.165, 1.54) is 116 Å². The van der Waals surface area contributed by atoms with Crippen LogP contribution in [0.3, 0.4) is 0 Å². The lowest BCUT2D eigenvalue weighted by Gasteiger charge is -2.61. The number of para-hydroxylation sites is 1. The molecule has 0 heterocycles. The van der Waals surface area contributed by atoms with Crippen LogP contribution in [0.15, 0.2) is 188 Å². The molecule has 1 heteroatoms. The van der Waals surface area contributed by atoms with Crippen LogP contribution in [-0.4, -0.2) is 0 Å². The van der Waals surface area contributed by atoms with Crippen molar-refractivity contribution in [2.75, 3.05) is 4.90 Å². The molecule has 0 N–H and O–H groups in total. The fourth-order valence-electron chi connectivity index (χ4n) is 14.5. The Hall–Kier alpha value is -6.44. The van der Waals surface area contributed by atoms with E-state index in [0.29, 0.717) is 11.8 Å². The van der Waals surface area contributed by atoms with Gasteiger partial charge in [-0.3, -0.25) is 0 Å². The molecule has 0 aliphatic heterocycles. The predicted octanol–water partition coefficient (Wildman–Crippen LogP) is 14.9. The summed E-state index contributed by atoms with van der Waals surface area (Å²) in [5.74, 6) is 3.23. The fraction of sp³-hybridized carbons (Fsp3) is 0.186. The zero-order valence-electron chi connectivity index (χ0n) is 33.7. The van der Waals surface area contributed by atoms with Gasteiger partial charge in [0.05, 0.1) is 11.1 Å². The van der Waals surface area contributed by atoms with E-state index in [9.17, 15) is 0 Å². The Morgan fingerprint density at radius 2 is 0.783 bits per heavy atom. The first-order chi connectivity index (χ1) is 29.7. The third-order valence-electron chi connectivity index (χ3n) is 16.3. The molecule has 0 amide bonds. The van der Waals surface area contributed by atoms with Crippen LogP contribution in [0.25, 0.3) is 44.5 Å². The van der Waals surface area contributed by atoms with Crippen LogP contribution >= 0.6 is 0 Å². The number of nitrogens with zero attached hydrogens (tertiary/aromatic N) is 1. The first-order valence-electron chi connectivity index (χ1n) is 22.4. The molecule has 4 bridgehead atoms. The summed E-state index contributed by atoms with van der Waals surface area (Å²) in [6, 6.07) is 72.0. The Bertz CT molecular complexity index is 3000. The minimum atomic E-state index is -0.365. The van der Waals surface area contributed by atoms with Crippen molar-refractivity contribution in [2.24, 2.45) is 23.7 Å². The van der Waals surface area contributed by atoms with Gasteiger partial charge >= 0.3 is 0 Å². The molecule has 4 saturated carbocycles. The molecule has 7 aliphatic carbocycles. The second-order valence-corrected chi connectivity index (χ2v) is 18.8. The van der Waals surface area contributed by atoms with Gasteiger partial charge in [-0.05, 0) is 158 Å². The summed E-state index contributed by atoms with van der Waals surface area (Å²) in [5.41, 5.74) is 22.8. The predicted molar refractivity (Wildman–Crippen MR) is 246 cm³/mol. The van der Waals surface area contributed by atoms with Gasteiger partial charge in [0.25, 0.3) is 0 Å². The molecule has 0 atom stereocenters. The van der Waals surface area contributed by atoms with E-state index >= 15 is 0 Å². The van der Waals surface area contributed by atoms with Crippen LogP contribution in [0, 0.1) is 23.7 Å². The highest BCUT2D eigenvalue weighted by Gasteiger charge is 2.61. The Balaban J connectivity index is 1.02. The molecule has 0 unspecified atom stereocenters. The first-order valence-corrected chi connectivity index (χ1v) is 22.4. The minimum Gasteiger partial charge on any atom is -0.310 e. The van der Waals surface area contributed by atoms with E-state index in [0.717, 1.165) is 11.8 Å². The molecule has 0 saturated heterocycles. The van der Waals surface area contributed by atoms with Crippen LogP contribution < -0.4 is 4.90 Å². The van der Waals surface area contributed by atoms with Gasteiger partial charge < -0.3 is 4.90 Å². The Kier molecular flexibility index (Phi) is 6.72. The Morgan fingerprint density at radius 1 is 0.333 bits per heavy atom. The van der Waals surface area contributed by atoms with Crippen molar-refractivity contribution in [3.8, 4) is 44.5 Å². The number of rotatable bonds is 4. The van der Waals surface area contributed by atoms with E-state index in [4.69, 9.17) is 0 Å². The summed E-state index contributed by atoms with van der Waals surface area (Å²) in [5, 5.41) is 0. The Labute approximate surface area is 353 Å². The van der Waals surface area contributed by atoms with Crippen LogP contribution in [0.4, 0.5) is 17.1 Å². The van der Waals surface area contributed by atoms with Crippen LogP contribution in [-0.2, 0) is 10.8 Å². The summed E-state index contributed by atoms with van der Waals surface area (Å²) >= 11 is 0. The third-order valence-corrected chi connectivity index (χ3v) is 16.3. The van der Waals surface area contributed by atoms with Crippen molar-refractivity contribution in [3.05, 3.63) is 221 Å². The third kappa shape index (κ3) is 4.13. The van der Waals surface area contributed by atoms with Gasteiger partial charge in [-0.25, -0.2) is 0 Å². The van der Waals surface area contributed by atoms with Gasteiger partial charge in [0, 0.05) is 22.4 Å². The van der Waals surface area contributed by atoms with E-state index in [-0.39, 0.29) is 10.8 Å². The van der Waals surface area contributed by atoms with Crippen molar-refractivity contribution in [1.29, 1.82) is 0 Å². The van der Waals surface area contributed by atoms with E-state index in [2.05, 4.69) is 193 Å². The lowest BCUT2D eigenvalue weighted by Crippen LogP contribution is -2.55. The summed E-state index contributed by atoms with van der Waals surface area (Å²) in [6.45, 7) is 0. The quantitative estimate of drug-likeness (QED) is 0.172. The first kappa shape index (κ1) is 33.4. The molecule has 4 fully saturated rings. The summed E-state index contributed by atoms with van der Waals surface area (Å²) < 4.78 is 0. The van der Waals surface area contributed by atoms with E-state index < -0.39 is 0 Å². The van der Waals surface area contributed by atoms with Crippen LogP contribution in [0.5, 0.6) is 0 Å². The van der Waals surface area contributed by atoms with Crippen LogP contribution in [0.2, 0.25) is 0 Å². The lowest BCUT2D eigenvalue weighted by atomic mass is 9.43. The van der Waals surface area contributed by atoms with Gasteiger partial charge in [0.2, 0.25) is 0 Å². The number of hydrogen-bond donors (Lipinski definition) is 0. The normalized spacial score (nSPS) is 23.5. The maximum atomic E-state index is 2.66. The second kappa shape index (κ2) is 12.1. The molecule has 8 aromatic carbocycles. The van der Waals surface area contributed by atoms with Crippen molar-refractivity contribution < 1.29 is 0 Å². The molecule has 286 valence electrons. The maximum Gasteiger partial charge on any atom is 0.0725 e. The molecule has 2 spiro atoms. The van der Waals surface area contributed by atoms with Crippen molar-refractivity contribution in [3.63, 3.8) is 0 Å². The highest BCUT2D eigenvalue weighted by Crippen LogP contribution is 2.70. The molecule has 0 radical (unpaired) electrons. The topological polar surface area (TPSA) is 3.24 Å². The zero-order valence-corrected chi connectivity index (χ0v) is 33.7. The number of hydrogen-bond acceptors (Lipinski definition) is 1. The zero-order chi connectivity index (χ0) is 39.2. The standard InChI is InChI=1S/C59H45N/c1-2-14-39(15-3-1)44-16-8-13-25-57(44)60(43-26-28-49-47-19-4-9-21-51(47)58(56(49)36-43)40-31-37-30-38(33-40)34-41(58)32-37)42-27-29-55-50(35-42)48-20-7-12-24-54(48)59(55)52-22-10-5-17-45(52)46-18-6-11-23-53(46)59/h1-29,35-38,40-41H,30-34H2. The summed E-state index contributed by atoms with van der Waals surface area (Å²) in [6.07, 6.45) is 6.97. The summed E-state index contributed by atoms with van der Waals surface area (Å²) in [4.78, 5) is 2.60. The van der Waals surface area contributed by atoms with Gasteiger partial charge in [0.15, 0.2) is 0 Å². The largest absolute Gasteiger partial charge is 0.310 e. The molecule has 0 aromatic heterocycles. The maximum absolute atomic E-state index is 2.66. The number of anilines is 3. The molecular formula is C59H45N. The average Bonchev–Trinajstić information content (AvgIpc) is 3.88. The molecule has 15 rings (SSSR count). The van der Waals surface area contributed by atoms with E-state index in [1.54, 1.807) is 11.1 Å². The highest BCUT2D eigenvalue weighted by molar-refractivity contribution is 5.98. The highest BCUT2D eigenvalue weighted by atomic mass is 15.1.